The Labute approximate surface area is 135 Å². The second kappa shape index (κ2) is 5.76. The Morgan fingerprint density at radius 3 is 2.52 bits per heavy atom. The fourth-order valence-corrected chi connectivity index (χ4v) is 3.13. The predicted octanol–water partition coefficient (Wildman–Crippen LogP) is 3.81. The fraction of sp³-hybridized carbons (Fsp3) is 0.150. The zero-order valence-electron chi connectivity index (χ0n) is 12.9. The minimum absolute atomic E-state index is 0.107. The van der Waals surface area contributed by atoms with Gasteiger partial charge in [-0.2, -0.15) is 0 Å². The van der Waals surface area contributed by atoms with Crippen LogP contribution >= 0.6 is 0 Å². The first-order valence-corrected chi connectivity index (χ1v) is 7.90. The predicted molar refractivity (Wildman–Crippen MR) is 91.1 cm³/mol. The molecule has 23 heavy (non-hydrogen) atoms. The second-order valence-corrected chi connectivity index (χ2v) is 5.87. The number of carbonyl (C=O) groups is 1. The van der Waals surface area contributed by atoms with Crippen molar-refractivity contribution >= 4 is 5.91 Å². The highest BCUT2D eigenvalue weighted by Crippen LogP contribution is 2.22. The van der Waals surface area contributed by atoms with E-state index in [4.69, 9.17) is 0 Å². The van der Waals surface area contributed by atoms with Gasteiger partial charge in [0.25, 0.3) is 5.91 Å². The van der Waals surface area contributed by atoms with Crippen molar-refractivity contribution < 1.29 is 4.79 Å². The molecule has 0 fully saturated rings. The summed E-state index contributed by atoms with van der Waals surface area (Å²) in [5.41, 5.74) is 4.17. The Morgan fingerprint density at radius 2 is 1.65 bits per heavy atom. The third kappa shape index (κ3) is 2.66. The van der Waals surface area contributed by atoms with Crippen molar-refractivity contribution in [2.45, 2.75) is 13.1 Å². The number of benzene rings is 2. The minimum atomic E-state index is 0.107. The van der Waals surface area contributed by atoms with E-state index in [0.29, 0.717) is 6.54 Å². The van der Waals surface area contributed by atoms with Gasteiger partial charge < -0.3 is 9.47 Å². The molecule has 1 aromatic heterocycles. The fourth-order valence-electron chi connectivity index (χ4n) is 3.13. The molecule has 2 heterocycles. The maximum Gasteiger partial charge on any atom is 0.254 e. The van der Waals surface area contributed by atoms with E-state index in [9.17, 15) is 4.79 Å². The average molecular weight is 302 g/mol. The third-order valence-corrected chi connectivity index (χ3v) is 4.39. The van der Waals surface area contributed by atoms with Crippen LogP contribution < -0.4 is 0 Å². The van der Waals surface area contributed by atoms with Crippen molar-refractivity contribution in [3.63, 3.8) is 0 Å². The highest BCUT2D eigenvalue weighted by Gasteiger charge is 2.21. The Bertz CT molecular complexity index is 836. The maximum atomic E-state index is 12.8. The molecule has 0 aliphatic carbocycles. The van der Waals surface area contributed by atoms with E-state index in [1.165, 1.54) is 5.69 Å². The molecule has 0 bridgehead atoms. The summed E-state index contributed by atoms with van der Waals surface area (Å²) < 4.78 is 2.21. The summed E-state index contributed by atoms with van der Waals surface area (Å²) in [7, 11) is 0. The van der Waals surface area contributed by atoms with Gasteiger partial charge >= 0.3 is 0 Å². The second-order valence-electron chi connectivity index (χ2n) is 5.87. The van der Waals surface area contributed by atoms with E-state index >= 15 is 0 Å². The van der Waals surface area contributed by atoms with Crippen LogP contribution in [-0.4, -0.2) is 21.9 Å². The van der Waals surface area contributed by atoms with Crippen molar-refractivity contribution in [2.75, 3.05) is 6.54 Å². The molecule has 1 aliphatic heterocycles. The number of fused-ring (bicyclic) bond motifs is 1. The summed E-state index contributed by atoms with van der Waals surface area (Å²) in [5.74, 6) is 0.107. The topological polar surface area (TPSA) is 25.2 Å². The first-order valence-electron chi connectivity index (χ1n) is 7.90. The summed E-state index contributed by atoms with van der Waals surface area (Å²) in [6.07, 6.45) is 2.08. The van der Waals surface area contributed by atoms with Crippen LogP contribution in [0.5, 0.6) is 0 Å². The molecular weight excluding hydrogens is 284 g/mol. The largest absolute Gasteiger partial charge is 0.348 e. The van der Waals surface area contributed by atoms with Gasteiger partial charge in [0.15, 0.2) is 0 Å². The summed E-state index contributed by atoms with van der Waals surface area (Å²) in [6, 6.07) is 22.2. The van der Waals surface area contributed by atoms with E-state index < -0.39 is 0 Å². The van der Waals surface area contributed by atoms with Crippen molar-refractivity contribution in [3.05, 3.63) is 84.2 Å². The number of amides is 1. The van der Waals surface area contributed by atoms with Crippen LogP contribution in [0.25, 0.3) is 11.1 Å². The van der Waals surface area contributed by atoms with Crippen LogP contribution in [0.1, 0.15) is 16.1 Å². The lowest BCUT2D eigenvalue weighted by molar-refractivity contribution is 0.0711. The average Bonchev–Trinajstić information content (AvgIpc) is 3.09. The van der Waals surface area contributed by atoms with Gasteiger partial charge in [0.1, 0.15) is 0 Å². The molecule has 2 aromatic carbocycles. The number of hydrogen-bond donors (Lipinski definition) is 0. The van der Waals surface area contributed by atoms with Crippen LogP contribution in [0.3, 0.4) is 0 Å². The minimum Gasteiger partial charge on any atom is -0.348 e. The Balaban J connectivity index is 1.60. The maximum absolute atomic E-state index is 12.8. The molecule has 1 aliphatic rings. The molecule has 0 atom stereocenters. The Kier molecular flexibility index (Phi) is 3.46. The molecular formula is C20H18N2O. The van der Waals surface area contributed by atoms with Gasteiger partial charge in [-0.3, -0.25) is 4.79 Å². The first kappa shape index (κ1) is 13.8. The van der Waals surface area contributed by atoms with Crippen molar-refractivity contribution in [1.82, 2.24) is 9.47 Å². The summed E-state index contributed by atoms with van der Waals surface area (Å²) >= 11 is 0. The molecule has 0 radical (unpaired) electrons. The van der Waals surface area contributed by atoms with Gasteiger partial charge in [-0.15, -0.1) is 0 Å². The first-order chi connectivity index (χ1) is 11.3. The summed E-state index contributed by atoms with van der Waals surface area (Å²) in [5, 5.41) is 0. The molecule has 3 aromatic rings. The molecule has 0 spiro atoms. The van der Waals surface area contributed by atoms with Crippen molar-refractivity contribution in [3.8, 4) is 11.1 Å². The lowest BCUT2D eigenvalue weighted by Crippen LogP contribution is -2.37. The highest BCUT2D eigenvalue weighted by atomic mass is 16.2. The summed E-state index contributed by atoms with van der Waals surface area (Å²) in [4.78, 5) is 14.8. The van der Waals surface area contributed by atoms with Gasteiger partial charge in [-0.1, -0.05) is 42.5 Å². The van der Waals surface area contributed by atoms with E-state index in [0.717, 1.165) is 29.8 Å². The molecule has 0 saturated carbocycles. The molecule has 0 N–H and O–H groups in total. The van der Waals surface area contributed by atoms with Crippen molar-refractivity contribution in [1.29, 1.82) is 0 Å². The SMILES string of the molecule is O=C(c1cccc(-c2ccccc2)c1)N1CCn2cccc2C1. The van der Waals surface area contributed by atoms with E-state index in [1.54, 1.807) is 0 Å². The smallest absolute Gasteiger partial charge is 0.254 e. The normalized spacial score (nSPS) is 13.7. The molecule has 0 unspecified atom stereocenters. The van der Waals surface area contributed by atoms with Crippen molar-refractivity contribution in [2.24, 2.45) is 0 Å². The third-order valence-electron chi connectivity index (χ3n) is 4.39. The quantitative estimate of drug-likeness (QED) is 0.706. The highest BCUT2D eigenvalue weighted by molar-refractivity contribution is 5.95. The van der Waals surface area contributed by atoms with E-state index in [1.807, 2.05) is 53.4 Å². The van der Waals surface area contributed by atoms with Crippen LogP contribution in [0, 0.1) is 0 Å². The van der Waals surface area contributed by atoms with Crippen LogP contribution in [0.4, 0.5) is 0 Å². The molecule has 0 saturated heterocycles. The molecule has 3 nitrogen and oxygen atoms in total. The standard InChI is InChI=1S/C20H18N2O/c23-20(22-13-12-21-11-5-10-19(21)15-22)18-9-4-8-17(14-18)16-6-2-1-3-7-16/h1-11,14H,12-13,15H2. The molecule has 3 heteroatoms. The number of aromatic nitrogens is 1. The van der Waals surface area contributed by atoms with Crippen LogP contribution in [0.15, 0.2) is 72.9 Å². The molecule has 1 amide bonds. The van der Waals surface area contributed by atoms with Crippen LogP contribution in [-0.2, 0) is 13.1 Å². The Morgan fingerprint density at radius 1 is 0.826 bits per heavy atom. The van der Waals surface area contributed by atoms with Gasteiger partial charge in [-0.05, 0) is 35.4 Å². The zero-order chi connectivity index (χ0) is 15.6. The van der Waals surface area contributed by atoms with Gasteiger partial charge in [0, 0.05) is 30.5 Å². The van der Waals surface area contributed by atoms with Gasteiger partial charge in [-0.25, -0.2) is 0 Å². The monoisotopic (exact) mass is 302 g/mol. The summed E-state index contributed by atoms with van der Waals surface area (Å²) in [6.45, 7) is 2.31. The number of rotatable bonds is 2. The Hall–Kier alpha value is -2.81. The van der Waals surface area contributed by atoms with Crippen LogP contribution in [0.2, 0.25) is 0 Å². The zero-order valence-corrected chi connectivity index (χ0v) is 12.9. The number of carbonyl (C=O) groups excluding carboxylic acids is 1. The molecule has 4 rings (SSSR count). The lowest BCUT2D eigenvalue weighted by Gasteiger charge is -2.28. The number of hydrogen-bond acceptors (Lipinski definition) is 1. The van der Waals surface area contributed by atoms with E-state index in [2.05, 4.69) is 29.0 Å². The number of nitrogens with zero attached hydrogens (tertiary/aromatic N) is 2. The van der Waals surface area contributed by atoms with E-state index in [-0.39, 0.29) is 5.91 Å². The van der Waals surface area contributed by atoms with Gasteiger partial charge in [0.2, 0.25) is 0 Å². The lowest BCUT2D eigenvalue weighted by atomic mass is 10.0. The van der Waals surface area contributed by atoms with Gasteiger partial charge in [0.05, 0.1) is 6.54 Å². The molecule has 114 valence electrons.